The summed E-state index contributed by atoms with van der Waals surface area (Å²) < 4.78 is 15.4. The highest BCUT2D eigenvalue weighted by Crippen LogP contribution is 2.42. The fourth-order valence-electron chi connectivity index (χ4n) is 1.35. The first-order valence-corrected chi connectivity index (χ1v) is 7.48. The zero-order chi connectivity index (χ0) is 13.6. The van der Waals surface area contributed by atoms with Crippen LogP contribution in [0.4, 0.5) is 0 Å². The number of carbonyl (C=O) groups is 1. The number of carboxylic acids is 1. The minimum absolute atomic E-state index is 0.221. The number of hydrogen-bond donors (Lipinski definition) is 3. The lowest BCUT2D eigenvalue weighted by Crippen LogP contribution is -2.39. The summed E-state index contributed by atoms with van der Waals surface area (Å²) in [6.07, 6.45) is -0.222. The van der Waals surface area contributed by atoms with Crippen molar-refractivity contribution in [1.29, 1.82) is 0 Å². The van der Waals surface area contributed by atoms with Crippen LogP contribution >= 0.6 is 23.9 Å². The van der Waals surface area contributed by atoms with E-state index in [0.717, 1.165) is 5.56 Å². The zero-order valence-corrected chi connectivity index (χ0v) is 11.8. The Hall–Kier alpha value is -0.720. The Morgan fingerprint density at radius 3 is 2.56 bits per heavy atom. The highest BCUT2D eigenvalue weighted by Gasteiger charge is 2.24. The summed E-state index contributed by atoms with van der Waals surface area (Å²) >= 11 is 2.42. The summed E-state index contributed by atoms with van der Waals surface area (Å²) in [4.78, 5) is 20.2. The predicted molar refractivity (Wildman–Crippen MR) is 69.4 cm³/mol. The normalized spacial score (nSPS) is 15.9. The standard InChI is InChI=1S/C10H13BrNO5P/c11-17-18(15,16)7-12-9(10(13)14)6-8-4-2-1-3-5-8/h1-5,9,12H,6-7H2,(H,13,14)(H,15,16)/t9-/m0/s1. The Morgan fingerprint density at radius 2 is 2.06 bits per heavy atom. The van der Waals surface area contributed by atoms with E-state index in [1.54, 1.807) is 24.3 Å². The van der Waals surface area contributed by atoms with Crippen LogP contribution in [0.15, 0.2) is 30.3 Å². The number of nitrogens with one attached hydrogen (secondary N) is 1. The zero-order valence-electron chi connectivity index (χ0n) is 9.32. The summed E-state index contributed by atoms with van der Waals surface area (Å²) in [6.45, 7) is 0. The van der Waals surface area contributed by atoms with Gasteiger partial charge >= 0.3 is 13.6 Å². The number of hydrogen-bond acceptors (Lipinski definition) is 4. The van der Waals surface area contributed by atoms with E-state index in [1.165, 1.54) is 0 Å². The van der Waals surface area contributed by atoms with Crippen molar-refractivity contribution in [3.8, 4) is 0 Å². The van der Waals surface area contributed by atoms with Crippen LogP contribution in [0.2, 0.25) is 0 Å². The molecule has 0 aromatic heterocycles. The lowest BCUT2D eigenvalue weighted by Gasteiger charge is -2.15. The molecule has 0 amide bonds. The summed E-state index contributed by atoms with van der Waals surface area (Å²) in [5, 5.41) is 11.5. The Morgan fingerprint density at radius 1 is 1.44 bits per heavy atom. The first-order valence-electron chi connectivity index (χ1n) is 5.07. The summed E-state index contributed by atoms with van der Waals surface area (Å²) in [7, 11) is -3.83. The number of benzene rings is 1. The molecule has 0 radical (unpaired) electrons. The largest absolute Gasteiger partial charge is 0.480 e. The molecule has 2 atom stereocenters. The molecule has 0 spiro atoms. The van der Waals surface area contributed by atoms with Crippen molar-refractivity contribution in [2.75, 3.05) is 6.29 Å². The summed E-state index contributed by atoms with van der Waals surface area (Å²) in [5.41, 5.74) is 0.824. The van der Waals surface area contributed by atoms with Crippen LogP contribution in [0, 0.1) is 0 Å². The minimum atomic E-state index is -3.83. The van der Waals surface area contributed by atoms with E-state index in [4.69, 9.17) is 10.00 Å². The molecule has 18 heavy (non-hydrogen) atoms. The molecule has 3 N–H and O–H groups in total. The van der Waals surface area contributed by atoms with Crippen molar-refractivity contribution in [2.45, 2.75) is 12.5 Å². The van der Waals surface area contributed by atoms with E-state index in [2.05, 4.69) is 25.2 Å². The molecule has 1 unspecified atom stereocenters. The van der Waals surface area contributed by atoms with E-state index >= 15 is 0 Å². The number of aliphatic carboxylic acids is 1. The Bertz CT molecular complexity index is 441. The molecule has 0 fully saturated rings. The van der Waals surface area contributed by atoms with Crippen molar-refractivity contribution in [3.05, 3.63) is 35.9 Å². The first-order chi connectivity index (χ1) is 8.44. The van der Waals surface area contributed by atoms with Crippen molar-refractivity contribution < 1.29 is 23.0 Å². The molecule has 0 bridgehead atoms. The molecule has 0 aliphatic carbocycles. The van der Waals surface area contributed by atoms with Gasteiger partial charge in [-0.15, -0.1) is 0 Å². The van der Waals surface area contributed by atoms with E-state index in [9.17, 15) is 9.36 Å². The van der Waals surface area contributed by atoms with Gasteiger partial charge in [0, 0.05) is 0 Å². The number of halogens is 1. The molecule has 0 aliphatic rings. The maximum Gasteiger partial charge on any atom is 0.352 e. The number of rotatable bonds is 7. The monoisotopic (exact) mass is 337 g/mol. The summed E-state index contributed by atoms with van der Waals surface area (Å²) in [5.74, 6) is -1.09. The number of carboxylic acid groups (broad SMARTS) is 1. The maximum atomic E-state index is 11.2. The molecule has 0 aliphatic heterocycles. The van der Waals surface area contributed by atoms with Crippen LogP contribution in [0.25, 0.3) is 0 Å². The topological polar surface area (TPSA) is 95.9 Å². The van der Waals surface area contributed by atoms with Gasteiger partial charge in [-0.2, -0.15) is 0 Å². The second-order valence-electron chi connectivity index (χ2n) is 3.65. The molecule has 1 aromatic rings. The van der Waals surface area contributed by atoms with Gasteiger partial charge in [-0.1, -0.05) is 30.3 Å². The predicted octanol–water partition coefficient (Wildman–Crippen LogP) is 1.74. The molecule has 0 saturated carbocycles. The van der Waals surface area contributed by atoms with Crippen molar-refractivity contribution in [1.82, 2.24) is 5.32 Å². The lowest BCUT2D eigenvalue weighted by atomic mass is 10.1. The Labute approximate surface area is 113 Å². The fraction of sp³-hybridized carbons (Fsp3) is 0.300. The second kappa shape index (κ2) is 7.01. The van der Waals surface area contributed by atoms with Gasteiger partial charge < -0.3 is 10.00 Å². The highest BCUT2D eigenvalue weighted by atomic mass is 79.9. The average Bonchev–Trinajstić information content (AvgIpc) is 2.35. The quantitative estimate of drug-likeness (QED) is 0.656. The fourth-order valence-corrected chi connectivity index (χ4v) is 2.15. The van der Waals surface area contributed by atoms with E-state index in [0.29, 0.717) is 0 Å². The highest BCUT2D eigenvalue weighted by molar-refractivity contribution is 9.06. The molecule has 1 rings (SSSR count). The average molecular weight is 338 g/mol. The molecule has 100 valence electrons. The third-order valence-electron chi connectivity index (χ3n) is 2.23. The molecular weight excluding hydrogens is 325 g/mol. The van der Waals surface area contributed by atoms with E-state index in [1.807, 2.05) is 6.07 Å². The van der Waals surface area contributed by atoms with Crippen LogP contribution in [0.5, 0.6) is 0 Å². The van der Waals surface area contributed by atoms with Gasteiger partial charge in [0.1, 0.15) is 28.6 Å². The smallest absolute Gasteiger partial charge is 0.352 e. The van der Waals surface area contributed by atoms with Crippen molar-refractivity contribution in [3.63, 3.8) is 0 Å². The first kappa shape index (κ1) is 15.3. The molecule has 0 saturated heterocycles. The molecule has 0 heterocycles. The van der Waals surface area contributed by atoms with Crippen LogP contribution in [0.3, 0.4) is 0 Å². The van der Waals surface area contributed by atoms with Gasteiger partial charge in [-0.3, -0.25) is 14.7 Å². The van der Waals surface area contributed by atoms with E-state index in [-0.39, 0.29) is 6.42 Å². The molecule has 6 nitrogen and oxygen atoms in total. The van der Waals surface area contributed by atoms with E-state index < -0.39 is 25.9 Å². The third kappa shape index (κ3) is 5.29. The van der Waals surface area contributed by atoms with Gasteiger partial charge in [-0.05, 0) is 12.0 Å². The van der Waals surface area contributed by atoms with Gasteiger partial charge in [-0.25, -0.2) is 3.62 Å². The third-order valence-corrected chi connectivity index (χ3v) is 4.38. The van der Waals surface area contributed by atoms with Crippen molar-refractivity contribution in [2.24, 2.45) is 0 Å². The SMILES string of the molecule is O=C(O)[C@H](Cc1ccccc1)NCP(=O)(O)OBr. The maximum absolute atomic E-state index is 11.2. The summed E-state index contributed by atoms with van der Waals surface area (Å²) in [6, 6.07) is 8.05. The Kier molecular flexibility index (Phi) is 5.98. The molecule has 1 aromatic carbocycles. The van der Waals surface area contributed by atoms with Gasteiger partial charge in [0.25, 0.3) is 0 Å². The van der Waals surface area contributed by atoms with Crippen LogP contribution in [0.1, 0.15) is 5.56 Å². The van der Waals surface area contributed by atoms with Gasteiger partial charge in [0.05, 0.1) is 0 Å². The lowest BCUT2D eigenvalue weighted by molar-refractivity contribution is -0.139. The van der Waals surface area contributed by atoms with Crippen LogP contribution < -0.4 is 5.32 Å². The molecule has 8 heteroatoms. The Balaban J connectivity index is 2.62. The van der Waals surface area contributed by atoms with Crippen LogP contribution in [-0.2, 0) is 19.4 Å². The van der Waals surface area contributed by atoms with Crippen molar-refractivity contribution >= 4 is 29.8 Å². The molecular formula is C10H13BrNO5P. The van der Waals surface area contributed by atoms with Gasteiger partial charge in [0.15, 0.2) is 0 Å². The second-order valence-corrected chi connectivity index (χ2v) is 6.25. The van der Waals surface area contributed by atoms with Crippen LogP contribution in [-0.4, -0.2) is 28.3 Å². The minimum Gasteiger partial charge on any atom is -0.480 e. The van der Waals surface area contributed by atoms with Gasteiger partial charge in [0.2, 0.25) is 0 Å².